The van der Waals surface area contributed by atoms with Crippen molar-refractivity contribution in [3.05, 3.63) is 48.0 Å². The molecule has 0 N–H and O–H groups in total. The summed E-state index contributed by atoms with van der Waals surface area (Å²) in [7, 11) is -8.04. The molecule has 150 valence electrons. The van der Waals surface area contributed by atoms with Gasteiger partial charge in [-0.1, -0.05) is 55.2 Å². The molecule has 0 atom stereocenters. The molecule has 0 saturated carbocycles. The van der Waals surface area contributed by atoms with Crippen molar-refractivity contribution in [2.24, 2.45) is 0 Å². The van der Waals surface area contributed by atoms with Gasteiger partial charge in [-0.25, -0.2) is 4.68 Å². The number of benzene rings is 2. The number of hydrogen-bond donors (Lipinski definition) is 0. The van der Waals surface area contributed by atoms with Crippen LogP contribution in [-0.4, -0.2) is 37.0 Å². The van der Waals surface area contributed by atoms with Crippen LogP contribution in [0.5, 0.6) is 5.75 Å². The van der Waals surface area contributed by atoms with Crippen molar-refractivity contribution in [1.82, 2.24) is 15.0 Å². The molecule has 0 aliphatic heterocycles. The first kappa shape index (κ1) is 20.3. The van der Waals surface area contributed by atoms with Crippen LogP contribution < -0.4 is 9.37 Å². The molecule has 0 unspecified atom stereocenters. The first-order valence-electron chi connectivity index (χ1n) is 8.31. The SMILES string of the molecule is C[Si](C)(C)c1cc2c(cc1OS(=O)(=O)C(F)(F)F)nnn2Cc1ccccc1. The van der Waals surface area contributed by atoms with E-state index in [-0.39, 0.29) is 11.3 Å². The minimum Gasteiger partial charge on any atom is -0.376 e. The lowest BCUT2D eigenvalue weighted by Gasteiger charge is -2.21. The van der Waals surface area contributed by atoms with E-state index in [9.17, 15) is 21.6 Å². The van der Waals surface area contributed by atoms with Crippen molar-refractivity contribution in [3.63, 3.8) is 0 Å². The molecule has 1 heterocycles. The van der Waals surface area contributed by atoms with E-state index < -0.39 is 23.7 Å². The fourth-order valence-electron chi connectivity index (χ4n) is 2.69. The van der Waals surface area contributed by atoms with Crippen molar-refractivity contribution in [1.29, 1.82) is 0 Å². The van der Waals surface area contributed by atoms with Gasteiger partial charge >= 0.3 is 15.6 Å². The molecule has 1 aromatic heterocycles. The average molecular weight is 429 g/mol. The van der Waals surface area contributed by atoms with Gasteiger partial charge in [-0.05, 0) is 16.8 Å². The highest BCUT2D eigenvalue weighted by atomic mass is 32.2. The van der Waals surface area contributed by atoms with Gasteiger partial charge in [-0.2, -0.15) is 21.6 Å². The highest BCUT2D eigenvalue weighted by Crippen LogP contribution is 2.29. The molecule has 6 nitrogen and oxygen atoms in total. The lowest BCUT2D eigenvalue weighted by Crippen LogP contribution is -2.40. The summed E-state index contributed by atoms with van der Waals surface area (Å²) in [4.78, 5) is 0. The number of aromatic nitrogens is 3. The first-order chi connectivity index (χ1) is 12.9. The summed E-state index contributed by atoms with van der Waals surface area (Å²) in [5.74, 6) is -0.351. The maximum atomic E-state index is 12.8. The third-order valence-corrected chi connectivity index (χ3v) is 7.05. The van der Waals surface area contributed by atoms with Gasteiger partial charge in [0.25, 0.3) is 0 Å². The number of hydrogen-bond acceptors (Lipinski definition) is 5. The smallest absolute Gasteiger partial charge is 0.376 e. The second kappa shape index (κ2) is 6.89. The maximum absolute atomic E-state index is 12.8. The van der Waals surface area contributed by atoms with E-state index in [2.05, 4.69) is 14.5 Å². The monoisotopic (exact) mass is 429 g/mol. The molecule has 0 spiro atoms. The number of halogens is 3. The lowest BCUT2D eigenvalue weighted by atomic mass is 10.2. The molecule has 0 amide bonds. The van der Waals surface area contributed by atoms with Crippen LogP contribution in [0.15, 0.2) is 42.5 Å². The van der Waals surface area contributed by atoms with E-state index in [4.69, 9.17) is 0 Å². The zero-order valence-electron chi connectivity index (χ0n) is 15.4. The van der Waals surface area contributed by atoms with Crippen molar-refractivity contribution >= 4 is 34.4 Å². The minimum absolute atomic E-state index is 0.255. The predicted molar refractivity (Wildman–Crippen MR) is 102 cm³/mol. The van der Waals surface area contributed by atoms with Gasteiger partial charge < -0.3 is 4.18 Å². The molecule has 28 heavy (non-hydrogen) atoms. The van der Waals surface area contributed by atoms with Gasteiger partial charge in [-0.15, -0.1) is 5.10 Å². The molecule has 11 heteroatoms. The topological polar surface area (TPSA) is 74.1 Å². The number of nitrogens with zero attached hydrogens (tertiary/aromatic N) is 3. The standard InChI is InChI=1S/C17H18F3N3O3SSi/c1-28(2,3)16-10-14-13(9-15(16)26-27(24,25)17(18,19)20)21-22-23(14)11-12-7-5-4-6-8-12/h4-10H,11H2,1-3H3. The van der Waals surface area contributed by atoms with Crippen molar-refractivity contribution in [2.45, 2.75) is 31.7 Å². The molecule has 0 radical (unpaired) electrons. The number of rotatable bonds is 5. The van der Waals surface area contributed by atoms with E-state index in [1.165, 1.54) is 6.07 Å². The van der Waals surface area contributed by atoms with Crippen LogP contribution in [0.2, 0.25) is 19.6 Å². The Bertz CT molecular complexity index is 1110. The van der Waals surface area contributed by atoms with E-state index in [1.807, 2.05) is 50.0 Å². The Labute approximate surface area is 161 Å². The Balaban J connectivity index is 2.11. The Morgan fingerprint density at radius 2 is 1.75 bits per heavy atom. The molecular weight excluding hydrogens is 411 g/mol. The van der Waals surface area contributed by atoms with Crippen LogP contribution in [0.3, 0.4) is 0 Å². The molecule has 3 rings (SSSR count). The van der Waals surface area contributed by atoms with E-state index in [0.29, 0.717) is 17.2 Å². The Kier molecular flexibility index (Phi) is 5.00. The van der Waals surface area contributed by atoms with Crippen LogP contribution in [-0.2, 0) is 16.7 Å². The van der Waals surface area contributed by atoms with Crippen LogP contribution >= 0.6 is 0 Å². The van der Waals surface area contributed by atoms with Gasteiger partial charge in [-0.3, -0.25) is 0 Å². The molecule has 2 aromatic carbocycles. The highest BCUT2D eigenvalue weighted by molar-refractivity contribution is 7.88. The molecule has 3 aromatic rings. The maximum Gasteiger partial charge on any atom is 0.534 e. The first-order valence-corrected chi connectivity index (χ1v) is 13.2. The highest BCUT2D eigenvalue weighted by Gasteiger charge is 2.49. The number of fused-ring (bicyclic) bond motifs is 1. The Morgan fingerprint density at radius 1 is 1.11 bits per heavy atom. The summed E-state index contributed by atoms with van der Waals surface area (Å²) < 4.78 is 67.4. The average Bonchev–Trinajstić information content (AvgIpc) is 2.95. The molecule has 0 fully saturated rings. The zero-order valence-corrected chi connectivity index (χ0v) is 17.2. The van der Waals surface area contributed by atoms with E-state index in [1.54, 1.807) is 10.7 Å². The van der Waals surface area contributed by atoms with Crippen LogP contribution in [0.1, 0.15) is 5.56 Å². The Hall–Kier alpha value is -2.40. The van der Waals surface area contributed by atoms with Gasteiger partial charge in [0.1, 0.15) is 11.3 Å². The van der Waals surface area contributed by atoms with E-state index in [0.717, 1.165) is 5.56 Å². The third-order valence-electron chi connectivity index (χ3n) is 4.08. The fourth-order valence-corrected chi connectivity index (χ4v) is 4.66. The van der Waals surface area contributed by atoms with Gasteiger partial charge in [0.15, 0.2) is 0 Å². The van der Waals surface area contributed by atoms with E-state index >= 15 is 0 Å². The Morgan fingerprint density at radius 3 is 2.32 bits per heavy atom. The lowest BCUT2D eigenvalue weighted by molar-refractivity contribution is -0.0499. The summed E-state index contributed by atoms with van der Waals surface area (Å²) >= 11 is 0. The summed E-state index contributed by atoms with van der Waals surface area (Å²) in [6.45, 7) is 6.06. The minimum atomic E-state index is -5.78. The van der Waals surface area contributed by atoms with Gasteiger partial charge in [0.2, 0.25) is 0 Å². The summed E-state index contributed by atoms with van der Waals surface area (Å²) in [6.07, 6.45) is 0. The predicted octanol–water partition coefficient (Wildman–Crippen LogP) is 3.25. The normalized spacial score (nSPS) is 13.1. The third kappa shape index (κ3) is 4.04. The number of alkyl halides is 3. The van der Waals surface area contributed by atoms with Crippen LogP contribution in [0.25, 0.3) is 11.0 Å². The zero-order chi connectivity index (χ0) is 20.7. The van der Waals surface area contributed by atoms with Crippen molar-refractivity contribution < 1.29 is 25.8 Å². The molecule has 0 saturated heterocycles. The molecule has 0 aliphatic carbocycles. The second-order valence-electron chi connectivity index (χ2n) is 7.30. The molecule has 0 aliphatic rings. The summed E-state index contributed by atoms with van der Waals surface area (Å²) in [5, 5.41) is 8.45. The fraction of sp³-hybridized carbons (Fsp3) is 0.294. The van der Waals surface area contributed by atoms with Crippen molar-refractivity contribution in [2.75, 3.05) is 0 Å². The molecular formula is C17H18F3N3O3SSi. The van der Waals surface area contributed by atoms with Gasteiger partial charge in [0, 0.05) is 6.07 Å². The van der Waals surface area contributed by atoms with Gasteiger partial charge in [0.05, 0.1) is 20.1 Å². The molecule has 0 bridgehead atoms. The van der Waals surface area contributed by atoms with Crippen LogP contribution in [0.4, 0.5) is 13.2 Å². The summed E-state index contributed by atoms with van der Waals surface area (Å²) in [5.41, 5.74) is -3.68. The quantitative estimate of drug-likeness (QED) is 0.354. The second-order valence-corrected chi connectivity index (χ2v) is 13.9. The largest absolute Gasteiger partial charge is 0.534 e. The van der Waals surface area contributed by atoms with Crippen LogP contribution in [0, 0.1) is 0 Å². The summed E-state index contributed by atoms with van der Waals surface area (Å²) in [6, 6.07) is 12.3. The van der Waals surface area contributed by atoms with Crippen molar-refractivity contribution in [3.8, 4) is 5.75 Å².